The van der Waals surface area contributed by atoms with Crippen molar-refractivity contribution in [2.45, 2.75) is 6.54 Å². The summed E-state index contributed by atoms with van der Waals surface area (Å²) in [7, 11) is 0. The normalized spacial score (nSPS) is 8.94. The van der Waals surface area contributed by atoms with E-state index in [2.05, 4.69) is 12.2 Å². The average molecular weight is 231 g/mol. The van der Waals surface area contributed by atoms with Gasteiger partial charge in [0.25, 0.3) is 0 Å². The van der Waals surface area contributed by atoms with Crippen LogP contribution < -0.4 is 11.6 Å². The molecule has 0 bridgehead atoms. The Morgan fingerprint density at radius 2 is 1.75 bits per heavy atom. The molecule has 0 fully saturated rings. The Bertz CT molecular complexity index is 465. The quantitative estimate of drug-likeness (QED) is 0.432. The molecule has 1 aromatic carbocycles. The lowest BCUT2D eigenvalue weighted by atomic mass is 10.1. The first-order chi connectivity index (χ1) is 7.56. The maximum atomic E-state index is 8.77. The van der Waals surface area contributed by atoms with Crippen molar-refractivity contribution in [2.75, 3.05) is 0 Å². The maximum absolute atomic E-state index is 8.77. The van der Waals surface area contributed by atoms with Gasteiger partial charge >= 0.3 is 0 Å². The summed E-state index contributed by atoms with van der Waals surface area (Å²) in [6, 6.07) is 8.72. The first kappa shape index (κ1) is 11.9. The second kappa shape index (κ2) is 5.08. The van der Waals surface area contributed by atoms with Crippen LogP contribution in [0, 0.1) is 22.7 Å². The molecule has 0 aliphatic heterocycles. The molecule has 4 N–H and O–H groups in total. The van der Waals surface area contributed by atoms with Gasteiger partial charge in [0, 0.05) is 0 Å². The molecule has 0 unspecified atom stereocenters. The van der Waals surface area contributed by atoms with Crippen LogP contribution in [0.2, 0.25) is 0 Å². The van der Waals surface area contributed by atoms with E-state index in [0.717, 1.165) is 0 Å². The SMILES string of the molecule is N#Cc1cc(C#N)cc(CN(N)C(N)=S)c1. The van der Waals surface area contributed by atoms with Gasteiger partial charge in [-0.1, -0.05) is 0 Å². The molecule has 0 aliphatic rings. The minimum Gasteiger partial charge on any atom is -0.375 e. The maximum Gasteiger partial charge on any atom is 0.180 e. The molecule has 1 rings (SSSR count). The Hall–Kier alpha value is -2.15. The van der Waals surface area contributed by atoms with E-state index in [9.17, 15) is 0 Å². The van der Waals surface area contributed by atoms with Gasteiger partial charge in [0.05, 0.1) is 29.8 Å². The van der Waals surface area contributed by atoms with Gasteiger partial charge in [-0.2, -0.15) is 10.5 Å². The predicted octanol–water partition coefficient (Wildman–Crippen LogP) is 0.349. The molecule has 0 saturated carbocycles. The molecule has 0 saturated heterocycles. The molecule has 0 aliphatic carbocycles. The Morgan fingerprint density at radius 3 is 2.12 bits per heavy atom. The van der Waals surface area contributed by atoms with E-state index < -0.39 is 0 Å². The highest BCUT2D eigenvalue weighted by Gasteiger charge is 2.05. The number of hydrazine groups is 1. The molecule has 0 amide bonds. The molecule has 0 atom stereocenters. The summed E-state index contributed by atoms with van der Waals surface area (Å²) in [4.78, 5) is 0. The number of hydrogen-bond donors (Lipinski definition) is 2. The van der Waals surface area contributed by atoms with Crippen LogP contribution in [-0.4, -0.2) is 10.1 Å². The lowest BCUT2D eigenvalue weighted by molar-refractivity contribution is 0.437. The number of nitrogens with zero attached hydrogens (tertiary/aromatic N) is 3. The molecule has 16 heavy (non-hydrogen) atoms. The average Bonchev–Trinajstić information content (AvgIpc) is 2.28. The van der Waals surface area contributed by atoms with Crippen molar-refractivity contribution in [3.8, 4) is 12.1 Å². The van der Waals surface area contributed by atoms with Gasteiger partial charge in [-0.05, 0) is 36.0 Å². The standard InChI is InChI=1S/C10H9N5S/c11-4-7-1-8(5-12)3-9(2-7)6-15(14)10(13)16/h1-3H,6,14H2,(H2,13,16). The largest absolute Gasteiger partial charge is 0.375 e. The Balaban J connectivity index is 3.02. The van der Waals surface area contributed by atoms with Crippen molar-refractivity contribution in [3.05, 3.63) is 34.9 Å². The zero-order chi connectivity index (χ0) is 12.1. The number of nitriles is 2. The molecule has 0 radical (unpaired) electrons. The summed E-state index contributed by atoms with van der Waals surface area (Å²) in [6.45, 7) is 0.263. The Morgan fingerprint density at radius 1 is 1.25 bits per heavy atom. The number of hydrogen-bond acceptors (Lipinski definition) is 4. The third-order valence-corrected chi connectivity index (χ3v) is 2.12. The fourth-order valence-corrected chi connectivity index (χ4v) is 1.25. The summed E-state index contributed by atoms with van der Waals surface area (Å²) in [6.07, 6.45) is 0. The molecule has 80 valence electrons. The van der Waals surface area contributed by atoms with Gasteiger partial charge < -0.3 is 5.73 Å². The van der Waals surface area contributed by atoms with Gasteiger partial charge in [-0.25, -0.2) is 5.84 Å². The van der Waals surface area contributed by atoms with Crippen LogP contribution in [0.3, 0.4) is 0 Å². The molecule has 6 heteroatoms. The lowest BCUT2D eigenvalue weighted by Gasteiger charge is -2.16. The van der Waals surface area contributed by atoms with Crippen molar-refractivity contribution >= 4 is 17.3 Å². The number of nitrogens with two attached hydrogens (primary N) is 2. The van der Waals surface area contributed by atoms with Crippen molar-refractivity contribution in [2.24, 2.45) is 11.6 Å². The van der Waals surface area contributed by atoms with Gasteiger partial charge in [-0.15, -0.1) is 0 Å². The molecule has 0 aromatic heterocycles. The third kappa shape index (κ3) is 2.92. The zero-order valence-corrected chi connectivity index (χ0v) is 9.16. The van der Waals surface area contributed by atoms with E-state index in [-0.39, 0.29) is 11.7 Å². The lowest BCUT2D eigenvalue weighted by Crippen LogP contribution is -2.40. The topological polar surface area (TPSA) is 103 Å². The molecular weight excluding hydrogens is 222 g/mol. The van der Waals surface area contributed by atoms with Crippen LogP contribution in [0.15, 0.2) is 18.2 Å². The third-order valence-electron chi connectivity index (χ3n) is 1.89. The molecule has 0 heterocycles. The van der Waals surface area contributed by atoms with Crippen molar-refractivity contribution < 1.29 is 0 Å². The van der Waals surface area contributed by atoms with Crippen LogP contribution >= 0.6 is 12.2 Å². The van der Waals surface area contributed by atoms with Crippen LogP contribution in [0.25, 0.3) is 0 Å². The van der Waals surface area contributed by atoms with Crippen LogP contribution in [0.5, 0.6) is 0 Å². The summed E-state index contributed by atoms with van der Waals surface area (Å²) in [5.74, 6) is 5.53. The number of benzene rings is 1. The van der Waals surface area contributed by atoms with Crippen molar-refractivity contribution in [1.29, 1.82) is 10.5 Å². The van der Waals surface area contributed by atoms with E-state index in [1.54, 1.807) is 12.1 Å². The fraction of sp³-hybridized carbons (Fsp3) is 0.100. The second-order valence-electron chi connectivity index (χ2n) is 3.11. The van der Waals surface area contributed by atoms with E-state index in [4.69, 9.17) is 22.1 Å². The van der Waals surface area contributed by atoms with E-state index in [1.165, 1.54) is 11.1 Å². The number of thiocarbonyl (C=S) groups is 1. The van der Waals surface area contributed by atoms with Crippen LogP contribution in [-0.2, 0) is 6.54 Å². The van der Waals surface area contributed by atoms with Crippen LogP contribution in [0.4, 0.5) is 0 Å². The highest BCUT2D eigenvalue weighted by Crippen LogP contribution is 2.10. The minimum absolute atomic E-state index is 0.0564. The summed E-state index contributed by atoms with van der Waals surface area (Å²) in [5.41, 5.74) is 6.86. The predicted molar refractivity (Wildman–Crippen MR) is 62.4 cm³/mol. The molecular formula is C10H9N5S. The number of rotatable bonds is 2. The second-order valence-corrected chi connectivity index (χ2v) is 3.53. The van der Waals surface area contributed by atoms with E-state index >= 15 is 0 Å². The van der Waals surface area contributed by atoms with E-state index in [1.807, 2.05) is 12.1 Å². The van der Waals surface area contributed by atoms with Gasteiger partial charge in [-0.3, -0.25) is 5.01 Å². The Labute approximate surface area is 98.4 Å². The highest BCUT2D eigenvalue weighted by molar-refractivity contribution is 7.80. The molecule has 0 spiro atoms. The van der Waals surface area contributed by atoms with E-state index in [0.29, 0.717) is 16.7 Å². The first-order valence-electron chi connectivity index (χ1n) is 4.32. The summed E-state index contributed by atoms with van der Waals surface area (Å²) < 4.78 is 0. The van der Waals surface area contributed by atoms with Crippen LogP contribution in [0.1, 0.15) is 16.7 Å². The zero-order valence-electron chi connectivity index (χ0n) is 8.34. The van der Waals surface area contributed by atoms with Gasteiger partial charge in [0.2, 0.25) is 0 Å². The summed E-state index contributed by atoms with van der Waals surface area (Å²) >= 11 is 4.69. The first-order valence-corrected chi connectivity index (χ1v) is 4.73. The molecule has 5 nitrogen and oxygen atoms in total. The van der Waals surface area contributed by atoms with Crippen molar-refractivity contribution in [1.82, 2.24) is 5.01 Å². The fourth-order valence-electron chi connectivity index (χ4n) is 1.19. The van der Waals surface area contributed by atoms with Crippen molar-refractivity contribution in [3.63, 3.8) is 0 Å². The smallest absolute Gasteiger partial charge is 0.180 e. The minimum atomic E-state index is 0.0564. The van der Waals surface area contributed by atoms with Gasteiger partial charge in [0.15, 0.2) is 5.11 Å². The van der Waals surface area contributed by atoms with Gasteiger partial charge in [0.1, 0.15) is 0 Å². The monoisotopic (exact) mass is 231 g/mol. The molecule has 1 aromatic rings. The summed E-state index contributed by atoms with van der Waals surface area (Å²) in [5, 5.41) is 18.8. The highest BCUT2D eigenvalue weighted by atomic mass is 32.1. The Kier molecular flexibility index (Phi) is 3.78.